The Morgan fingerprint density at radius 3 is 2.36 bits per heavy atom. The summed E-state index contributed by atoms with van der Waals surface area (Å²) in [6.07, 6.45) is 0. The largest absolute Gasteiger partial charge is 0.481 e. The summed E-state index contributed by atoms with van der Waals surface area (Å²) < 4.78 is 0. The molecule has 0 bridgehead atoms. The zero-order valence-electron chi connectivity index (χ0n) is 8.28. The molecule has 1 aromatic heterocycles. The van der Waals surface area contributed by atoms with E-state index in [2.05, 4.69) is 10.2 Å². The monoisotopic (exact) mass is 207 g/mol. The first kappa shape index (κ1) is 13.4. The molecule has 71 valence electrons. The second-order valence-electron chi connectivity index (χ2n) is 3.17. The first-order valence-corrected chi connectivity index (χ1v) is 4.05. The van der Waals surface area contributed by atoms with Crippen LogP contribution in [0.25, 0.3) is 0 Å². The number of hydrogen-bond donors (Lipinski definition) is 1. The van der Waals surface area contributed by atoms with E-state index in [1.165, 1.54) is 6.07 Å². The summed E-state index contributed by atoms with van der Waals surface area (Å²) >= 11 is 5.52. The zero-order valence-corrected chi connectivity index (χ0v) is 9.04. The van der Waals surface area contributed by atoms with Crippen LogP contribution in [0.4, 0.5) is 0 Å². The molecule has 0 fully saturated rings. The van der Waals surface area contributed by atoms with Gasteiger partial charge in [0.15, 0.2) is 5.15 Å². The standard InChI is InChI=1S/C8H9ClN2O2.Li/c1-8(2,7(12)13)5-3-4-6(9)11-10-5;/h3-4H,1-2H3,(H,12,13);. The van der Waals surface area contributed by atoms with E-state index in [1.807, 2.05) is 0 Å². The third-order valence-corrected chi connectivity index (χ3v) is 2.01. The minimum absolute atomic E-state index is 0. The molecule has 0 aliphatic rings. The minimum atomic E-state index is -1.03. The molecule has 0 saturated carbocycles. The van der Waals surface area contributed by atoms with Gasteiger partial charge >= 0.3 is 5.97 Å². The first-order valence-electron chi connectivity index (χ1n) is 3.67. The predicted molar refractivity (Wildman–Crippen MR) is 53.5 cm³/mol. The Balaban J connectivity index is 0.00000169. The van der Waals surface area contributed by atoms with E-state index in [-0.39, 0.29) is 24.0 Å². The summed E-state index contributed by atoms with van der Waals surface area (Å²) in [5, 5.41) is 16.4. The first-order chi connectivity index (χ1) is 5.94. The number of hydrogen-bond acceptors (Lipinski definition) is 3. The van der Waals surface area contributed by atoms with E-state index in [9.17, 15) is 4.79 Å². The van der Waals surface area contributed by atoms with Crippen LogP contribution in [0.2, 0.25) is 5.15 Å². The van der Waals surface area contributed by atoms with Gasteiger partial charge in [0, 0.05) is 18.9 Å². The van der Waals surface area contributed by atoms with Crippen LogP contribution in [-0.4, -0.2) is 40.1 Å². The summed E-state index contributed by atoms with van der Waals surface area (Å²) in [6.45, 7) is 3.13. The topological polar surface area (TPSA) is 63.1 Å². The van der Waals surface area contributed by atoms with Gasteiger partial charge < -0.3 is 5.11 Å². The fourth-order valence-electron chi connectivity index (χ4n) is 0.759. The van der Waals surface area contributed by atoms with Gasteiger partial charge in [0.25, 0.3) is 0 Å². The van der Waals surface area contributed by atoms with Crippen LogP contribution < -0.4 is 0 Å². The van der Waals surface area contributed by atoms with Gasteiger partial charge in [-0.3, -0.25) is 4.79 Å². The molecule has 1 rings (SSSR count). The van der Waals surface area contributed by atoms with Crippen LogP contribution in [0.15, 0.2) is 12.1 Å². The van der Waals surface area contributed by atoms with Crippen LogP contribution in [0, 0.1) is 0 Å². The predicted octanol–water partition coefficient (Wildman–Crippen LogP) is 1.11. The van der Waals surface area contributed by atoms with Crippen LogP contribution >= 0.6 is 11.6 Å². The van der Waals surface area contributed by atoms with Gasteiger partial charge in [0.1, 0.15) is 5.41 Å². The van der Waals surface area contributed by atoms with Gasteiger partial charge in [0.05, 0.1) is 5.69 Å². The summed E-state index contributed by atoms with van der Waals surface area (Å²) in [5.41, 5.74) is -0.637. The van der Waals surface area contributed by atoms with Gasteiger partial charge in [0.2, 0.25) is 0 Å². The Kier molecular flexibility index (Phi) is 4.59. The van der Waals surface area contributed by atoms with E-state index in [0.29, 0.717) is 5.69 Å². The number of halogens is 1. The van der Waals surface area contributed by atoms with E-state index < -0.39 is 11.4 Å². The molecular formula is C8H9ClLiN2O2. The molecule has 1 heterocycles. The van der Waals surface area contributed by atoms with Crippen molar-refractivity contribution >= 4 is 36.4 Å². The number of nitrogens with zero attached hydrogens (tertiary/aromatic N) is 2. The Labute approximate surface area is 98.9 Å². The van der Waals surface area contributed by atoms with Crippen molar-refractivity contribution in [2.45, 2.75) is 19.3 Å². The van der Waals surface area contributed by atoms with E-state index in [0.717, 1.165) is 0 Å². The Morgan fingerprint density at radius 1 is 1.43 bits per heavy atom. The van der Waals surface area contributed by atoms with Crippen LogP contribution in [-0.2, 0) is 10.2 Å². The third kappa shape index (κ3) is 2.71. The molecule has 1 N–H and O–H groups in total. The Morgan fingerprint density at radius 2 is 2.00 bits per heavy atom. The van der Waals surface area contributed by atoms with Crippen molar-refractivity contribution in [1.29, 1.82) is 0 Å². The molecule has 14 heavy (non-hydrogen) atoms. The summed E-state index contributed by atoms with van der Waals surface area (Å²) in [4.78, 5) is 10.8. The van der Waals surface area contributed by atoms with Gasteiger partial charge in [-0.25, -0.2) is 0 Å². The van der Waals surface area contributed by atoms with Gasteiger partial charge in [-0.15, -0.1) is 5.10 Å². The molecule has 0 aromatic carbocycles. The average molecular weight is 208 g/mol. The van der Waals surface area contributed by atoms with Crippen LogP contribution in [0.1, 0.15) is 19.5 Å². The summed E-state index contributed by atoms with van der Waals surface area (Å²) in [5.74, 6) is -0.941. The van der Waals surface area contributed by atoms with Crippen molar-refractivity contribution < 1.29 is 9.90 Å². The molecule has 0 amide bonds. The quantitative estimate of drug-likeness (QED) is 0.738. The second kappa shape index (κ2) is 4.79. The molecule has 0 unspecified atom stereocenters. The van der Waals surface area contributed by atoms with Gasteiger partial charge in [-0.05, 0) is 26.0 Å². The Bertz CT molecular complexity index is 327. The Hall–Kier alpha value is -0.563. The molecule has 4 nitrogen and oxygen atoms in total. The number of carboxylic acids is 1. The number of carbonyl (C=O) groups is 1. The molecule has 0 aliphatic carbocycles. The molecular weight excluding hydrogens is 198 g/mol. The number of aromatic nitrogens is 2. The number of carboxylic acid groups (broad SMARTS) is 1. The molecule has 0 atom stereocenters. The molecule has 0 spiro atoms. The van der Waals surface area contributed by atoms with Crippen molar-refractivity contribution in [2.75, 3.05) is 0 Å². The van der Waals surface area contributed by atoms with E-state index >= 15 is 0 Å². The minimum Gasteiger partial charge on any atom is -0.481 e. The van der Waals surface area contributed by atoms with Crippen molar-refractivity contribution in [2.24, 2.45) is 0 Å². The second-order valence-corrected chi connectivity index (χ2v) is 3.56. The maximum absolute atomic E-state index is 10.8. The summed E-state index contributed by atoms with van der Waals surface area (Å²) in [6, 6.07) is 3.08. The molecule has 0 aliphatic heterocycles. The van der Waals surface area contributed by atoms with Gasteiger partial charge in [-0.2, -0.15) is 5.10 Å². The number of rotatable bonds is 2. The zero-order chi connectivity index (χ0) is 10.1. The van der Waals surface area contributed by atoms with E-state index in [4.69, 9.17) is 16.7 Å². The average Bonchev–Trinajstić information content (AvgIpc) is 2.04. The van der Waals surface area contributed by atoms with E-state index in [1.54, 1.807) is 19.9 Å². The van der Waals surface area contributed by atoms with Crippen LogP contribution in [0.5, 0.6) is 0 Å². The number of aliphatic carboxylic acids is 1. The van der Waals surface area contributed by atoms with Crippen molar-refractivity contribution in [3.63, 3.8) is 0 Å². The van der Waals surface area contributed by atoms with Crippen molar-refractivity contribution in [3.8, 4) is 0 Å². The molecule has 1 aromatic rings. The molecule has 6 heteroatoms. The maximum Gasteiger partial charge on any atom is 0.315 e. The van der Waals surface area contributed by atoms with Crippen molar-refractivity contribution in [1.82, 2.24) is 10.2 Å². The van der Waals surface area contributed by atoms with Crippen molar-refractivity contribution in [3.05, 3.63) is 23.0 Å². The molecule has 0 saturated heterocycles. The fraction of sp³-hybridized carbons (Fsp3) is 0.375. The fourth-order valence-corrected chi connectivity index (χ4v) is 0.860. The smallest absolute Gasteiger partial charge is 0.315 e. The van der Waals surface area contributed by atoms with Gasteiger partial charge in [-0.1, -0.05) is 11.6 Å². The maximum atomic E-state index is 10.8. The third-order valence-electron chi connectivity index (χ3n) is 1.81. The summed E-state index contributed by atoms with van der Waals surface area (Å²) in [7, 11) is 0. The molecule has 1 radical (unpaired) electrons. The van der Waals surface area contributed by atoms with Crippen LogP contribution in [0.3, 0.4) is 0 Å². The SMILES string of the molecule is CC(C)(C(=O)O)c1ccc(Cl)nn1.[Li]. The normalized spacial score (nSPS) is 10.5.